The second-order valence-corrected chi connectivity index (χ2v) is 11.6. The van der Waals surface area contributed by atoms with E-state index in [2.05, 4.69) is 10.6 Å². The predicted octanol–water partition coefficient (Wildman–Crippen LogP) is 2.19. The van der Waals surface area contributed by atoms with Gasteiger partial charge < -0.3 is 19.9 Å². The molecular weight excluding hydrogens is 486 g/mol. The van der Waals surface area contributed by atoms with Crippen molar-refractivity contribution >= 4 is 29.5 Å². The lowest BCUT2D eigenvalue weighted by Gasteiger charge is -2.67. The van der Waals surface area contributed by atoms with Crippen molar-refractivity contribution in [3.05, 3.63) is 29.3 Å². The molecule has 198 valence electrons. The van der Waals surface area contributed by atoms with Gasteiger partial charge in [-0.25, -0.2) is 13.6 Å². The third-order valence-corrected chi connectivity index (χ3v) is 8.54. The molecule has 2 N–H and O–H groups in total. The lowest BCUT2D eigenvalue weighted by atomic mass is 9.40. The Morgan fingerprint density at radius 3 is 2.38 bits per heavy atom. The molecule has 11 heteroatoms. The minimum Gasteiger partial charge on any atom is -0.443 e. The highest BCUT2D eigenvalue weighted by molar-refractivity contribution is 6.01. The van der Waals surface area contributed by atoms with Crippen LogP contribution in [0, 0.1) is 23.0 Å². The van der Waals surface area contributed by atoms with Crippen LogP contribution >= 0.6 is 0 Å². The number of anilines is 1. The van der Waals surface area contributed by atoms with E-state index >= 15 is 0 Å². The second-order valence-electron chi connectivity index (χ2n) is 11.6. The summed E-state index contributed by atoms with van der Waals surface area (Å²) in [5.41, 5.74) is -0.943. The van der Waals surface area contributed by atoms with E-state index in [1.54, 1.807) is 4.90 Å². The van der Waals surface area contributed by atoms with Crippen LogP contribution in [0.1, 0.15) is 56.4 Å². The van der Waals surface area contributed by atoms with Gasteiger partial charge in [-0.1, -0.05) is 0 Å². The smallest absolute Gasteiger partial charge is 0.408 e. The van der Waals surface area contributed by atoms with Crippen LogP contribution in [-0.2, 0) is 19.1 Å². The third kappa shape index (κ3) is 4.21. The van der Waals surface area contributed by atoms with Crippen LogP contribution < -0.4 is 15.5 Å². The van der Waals surface area contributed by atoms with Crippen molar-refractivity contribution in [1.82, 2.24) is 15.5 Å². The second kappa shape index (κ2) is 8.39. The van der Waals surface area contributed by atoms with Gasteiger partial charge in [0.2, 0.25) is 17.7 Å². The quantitative estimate of drug-likeness (QED) is 0.538. The fraction of sp³-hybridized carbons (Fsp3) is 0.615. The van der Waals surface area contributed by atoms with Gasteiger partial charge in [0.05, 0.1) is 17.4 Å². The zero-order chi connectivity index (χ0) is 26.1. The summed E-state index contributed by atoms with van der Waals surface area (Å²) in [6.45, 7) is 1.51. The van der Waals surface area contributed by atoms with Crippen LogP contribution in [0.5, 0.6) is 0 Å². The first-order chi connectivity index (χ1) is 17.6. The van der Waals surface area contributed by atoms with Crippen LogP contribution in [0.3, 0.4) is 0 Å². The number of carbonyl (C=O) groups excluding carboxylic acids is 4. The van der Waals surface area contributed by atoms with Crippen molar-refractivity contribution in [1.29, 1.82) is 0 Å². The Morgan fingerprint density at radius 2 is 1.78 bits per heavy atom. The van der Waals surface area contributed by atoms with E-state index in [1.165, 1.54) is 25.0 Å². The Balaban J connectivity index is 0.976. The van der Waals surface area contributed by atoms with Crippen LogP contribution in [0.2, 0.25) is 0 Å². The number of halogens is 2. The van der Waals surface area contributed by atoms with Gasteiger partial charge in [0.1, 0.15) is 17.2 Å². The topological polar surface area (TPSA) is 108 Å². The molecule has 4 saturated carbocycles. The Bertz CT molecular complexity index is 1150. The molecule has 6 fully saturated rings. The summed E-state index contributed by atoms with van der Waals surface area (Å²) in [5.74, 6) is -3.08. The van der Waals surface area contributed by atoms with E-state index < -0.39 is 41.1 Å². The maximum Gasteiger partial charge on any atom is 0.408 e. The van der Waals surface area contributed by atoms with Crippen LogP contribution in [-0.4, -0.2) is 67.0 Å². The average molecular weight is 517 g/mol. The number of benzene rings is 1. The number of imide groups is 1. The number of piperidine rings is 1. The van der Waals surface area contributed by atoms with Crippen molar-refractivity contribution in [2.45, 2.75) is 62.5 Å². The first-order valence-corrected chi connectivity index (χ1v) is 12.9. The molecule has 7 rings (SSSR count). The summed E-state index contributed by atoms with van der Waals surface area (Å²) in [5, 5.41) is 4.92. The van der Waals surface area contributed by atoms with E-state index in [4.69, 9.17) is 4.74 Å². The van der Waals surface area contributed by atoms with E-state index in [0.717, 1.165) is 6.54 Å². The SMILES string of the molecule is CN(CC1CC1)C(=O)C12CC(OC(=O)NC3CN(c4cc(F)c(C5CCC(=O)NC5=O)c(F)c4)C3)(C1)C2. The zero-order valence-corrected chi connectivity index (χ0v) is 20.6. The molecule has 1 aromatic carbocycles. The van der Waals surface area contributed by atoms with Gasteiger partial charge in [0, 0.05) is 63.6 Å². The minimum atomic E-state index is -1.04. The molecule has 2 saturated heterocycles. The molecule has 0 aromatic heterocycles. The van der Waals surface area contributed by atoms with E-state index in [0.29, 0.717) is 44.0 Å². The first kappa shape index (κ1) is 24.1. The van der Waals surface area contributed by atoms with E-state index in [1.807, 2.05) is 11.9 Å². The highest BCUT2D eigenvalue weighted by Gasteiger charge is 2.74. The third-order valence-electron chi connectivity index (χ3n) is 8.54. The molecule has 37 heavy (non-hydrogen) atoms. The molecule has 6 aliphatic rings. The van der Waals surface area contributed by atoms with Crippen molar-refractivity contribution in [3.8, 4) is 0 Å². The van der Waals surface area contributed by atoms with Gasteiger partial charge in [-0.15, -0.1) is 0 Å². The summed E-state index contributed by atoms with van der Waals surface area (Å²) in [4.78, 5) is 52.1. The number of hydrogen-bond donors (Lipinski definition) is 2. The number of nitrogens with one attached hydrogen (secondary N) is 2. The van der Waals surface area contributed by atoms with Crippen LogP contribution in [0.15, 0.2) is 12.1 Å². The fourth-order valence-electron chi connectivity index (χ4n) is 6.43. The highest BCUT2D eigenvalue weighted by Crippen LogP contribution is 2.69. The normalized spacial score (nSPS) is 30.5. The van der Waals surface area contributed by atoms with Gasteiger partial charge in [0.15, 0.2) is 0 Å². The first-order valence-electron chi connectivity index (χ1n) is 12.9. The maximum absolute atomic E-state index is 14.8. The van der Waals surface area contributed by atoms with Gasteiger partial charge in [-0.2, -0.15) is 0 Å². The monoisotopic (exact) mass is 516 g/mol. The van der Waals surface area contributed by atoms with Crippen molar-refractivity contribution in [3.63, 3.8) is 0 Å². The molecule has 9 nitrogen and oxygen atoms in total. The molecule has 1 atom stereocenters. The lowest BCUT2D eigenvalue weighted by Crippen LogP contribution is -2.74. The molecule has 2 heterocycles. The van der Waals surface area contributed by atoms with Crippen molar-refractivity contribution in [2.75, 3.05) is 31.6 Å². The summed E-state index contributed by atoms with van der Waals surface area (Å²) in [6.07, 6.45) is 3.62. The molecule has 2 aliphatic heterocycles. The summed E-state index contributed by atoms with van der Waals surface area (Å²) < 4.78 is 35.2. The molecule has 4 aliphatic carbocycles. The lowest BCUT2D eigenvalue weighted by molar-refractivity contribution is -0.253. The molecular formula is C26H30F2N4O5. The average Bonchev–Trinajstić information content (AvgIpc) is 3.56. The number of nitrogens with zero attached hydrogens (tertiary/aromatic N) is 2. The Kier molecular flexibility index (Phi) is 5.47. The standard InChI is InChI=1S/C26H30F2N4O5/c1-31(8-14-2-3-14)23(35)25-11-26(12-25,13-25)37-24(36)29-15-9-32(10-15)16-6-18(27)21(19(28)7-16)17-4-5-20(33)30-22(17)34/h6-7,14-15,17H,2-5,8-13H2,1H3,(H,29,36)(H,30,33,34). The van der Waals surface area contributed by atoms with E-state index in [9.17, 15) is 28.0 Å². The minimum absolute atomic E-state index is 0.0304. The predicted molar refractivity (Wildman–Crippen MR) is 126 cm³/mol. The molecule has 2 bridgehead atoms. The largest absolute Gasteiger partial charge is 0.443 e. The molecule has 0 spiro atoms. The van der Waals surface area contributed by atoms with Crippen LogP contribution in [0.4, 0.5) is 19.3 Å². The maximum atomic E-state index is 14.8. The molecule has 0 radical (unpaired) electrons. The highest BCUT2D eigenvalue weighted by atomic mass is 19.1. The Labute approximate surface area is 212 Å². The van der Waals surface area contributed by atoms with Crippen LogP contribution in [0.25, 0.3) is 0 Å². The number of rotatable bonds is 7. The number of hydrogen-bond acceptors (Lipinski definition) is 6. The number of amides is 4. The Morgan fingerprint density at radius 1 is 1.14 bits per heavy atom. The fourth-order valence-corrected chi connectivity index (χ4v) is 6.43. The zero-order valence-electron chi connectivity index (χ0n) is 20.6. The van der Waals surface area contributed by atoms with Gasteiger partial charge in [-0.3, -0.25) is 19.7 Å². The number of carbonyl (C=O) groups is 4. The van der Waals surface area contributed by atoms with Gasteiger partial charge in [0.25, 0.3) is 0 Å². The molecule has 1 aromatic rings. The number of ether oxygens (including phenoxy) is 1. The van der Waals surface area contributed by atoms with Gasteiger partial charge in [-0.05, 0) is 37.3 Å². The summed E-state index contributed by atoms with van der Waals surface area (Å²) in [6, 6.07) is 2.12. The summed E-state index contributed by atoms with van der Waals surface area (Å²) >= 11 is 0. The van der Waals surface area contributed by atoms with Crippen molar-refractivity contribution < 1.29 is 32.7 Å². The summed E-state index contributed by atoms with van der Waals surface area (Å²) in [7, 11) is 1.85. The van der Waals surface area contributed by atoms with E-state index in [-0.39, 0.29) is 35.8 Å². The Hall–Kier alpha value is -3.24. The van der Waals surface area contributed by atoms with Crippen molar-refractivity contribution in [2.24, 2.45) is 11.3 Å². The molecule has 1 unspecified atom stereocenters. The van der Waals surface area contributed by atoms with Gasteiger partial charge >= 0.3 is 6.09 Å². The molecule has 4 amide bonds. The number of alkyl carbamates (subject to hydrolysis) is 1.